The molecule has 17 heavy (non-hydrogen) atoms. The number of nitrogens with one attached hydrogen (secondary N) is 1. The highest BCUT2D eigenvalue weighted by atomic mass is 35.5. The molecule has 90 valence electrons. The van der Waals surface area contributed by atoms with Gasteiger partial charge in [-0.3, -0.25) is 4.98 Å². The number of fused-ring (bicyclic) bond motifs is 1. The minimum atomic E-state index is 0.470. The van der Waals surface area contributed by atoms with E-state index in [0.717, 1.165) is 28.2 Å². The molecule has 1 aromatic heterocycles. The SMILES string of the molecule is Cc1cc(CNC(C)C)c2cc(Cl)ccc2n1. The van der Waals surface area contributed by atoms with Crippen LogP contribution in [0.5, 0.6) is 0 Å². The molecule has 1 aromatic carbocycles. The van der Waals surface area contributed by atoms with E-state index in [0.29, 0.717) is 6.04 Å². The second kappa shape index (κ2) is 5.03. The van der Waals surface area contributed by atoms with E-state index in [-0.39, 0.29) is 0 Å². The third-order valence-corrected chi connectivity index (χ3v) is 2.92. The Bertz CT molecular complexity index is 535. The Kier molecular flexibility index (Phi) is 3.65. The maximum Gasteiger partial charge on any atom is 0.0709 e. The van der Waals surface area contributed by atoms with Crippen LogP contribution in [-0.2, 0) is 6.54 Å². The summed E-state index contributed by atoms with van der Waals surface area (Å²) in [5, 5.41) is 5.32. The molecule has 0 saturated heterocycles. The van der Waals surface area contributed by atoms with Gasteiger partial charge in [0.15, 0.2) is 0 Å². The van der Waals surface area contributed by atoms with E-state index in [1.165, 1.54) is 5.56 Å². The molecule has 1 N–H and O–H groups in total. The van der Waals surface area contributed by atoms with Gasteiger partial charge in [0.05, 0.1) is 5.52 Å². The number of aromatic nitrogens is 1. The molecule has 0 aliphatic carbocycles. The Morgan fingerprint density at radius 1 is 1.29 bits per heavy atom. The molecule has 0 radical (unpaired) electrons. The summed E-state index contributed by atoms with van der Waals surface area (Å²) in [6.07, 6.45) is 0. The third kappa shape index (κ3) is 2.96. The van der Waals surface area contributed by atoms with Gasteiger partial charge in [-0.15, -0.1) is 0 Å². The first-order valence-corrected chi connectivity index (χ1v) is 6.23. The molecule has 0 fully saturated rings. The molecule has 0 aliphatic heterocycles. The fraction of sp³-hybridized carbons (Fsp3) is 0.357. The Hall–Kier alpha value is -1.12. The highest BCUT2D eigenvalue weighted by Gasteiger charge is 2.05. The largest absolute Gasteiger partial charge is 0.310 e. The molecule has 2 aromatic rings. The van der Waals surface area contributed by atoms with Crippen LogP contribution in [0.4, 0.5) is 0 Å². The van der Waals surface area contributed by atoms with Crippen molar-refractivity contribution in [2.75, 3.05) is 0 Å². The van der Waals surface area contributed by atoms with Gasteiger partial charge in [-0.05, 0) is 36.8 Å². The third-order valence-electron chi connectivity index (χ3n) is 2.69. The Labute approximate surface area is 107 Å². The van der Waals surface area contributed by atoms with Crippen LogP contribution in [0.1, 0.15) is 25.1 Å². The molecule has 2 nitrogen and oxygen atoms in total. The molecule has 0 aliphatic rings. The number of hydrogen-bond acceptors (Lipinski definition) is 2. The number of hydrogen-bond donors (Lipinski definition) is 1. The van der Waals surface area contributed by atoms with E-state index < -0.39 is 0 Å². The van der Waals surface area contributed by atoms with Crippen molar-refractivity contribution in [2.24, 2.45) is 0 Å². The Morgan fingerprint density at radius 2 is 2.06 bits per heavy atom. The maximum atomic E-state index is 6.04. The number of benzene rings is 1. The van der Waals surface area contributed by atoms with E-state index >= 15 is 0 Å². The highest BCUT2D eigenvalue weighted by molar-refractivity contribution is 6.31. The fourth-order valence-corrected chi connectivity index (χ4v) is 2.05. The molecule has 0 spiro atoms. The molecular formula is C14H17ClN2. The fourth-order valence-electron chi connectivity index (χ4n) is 1.88. The van der Waals surface area contributed by atoms with Gasteiger partial charge in [0.2, 0.25) is 0 Å². The zero-order valence-corrected chi connectivity index (χ0v) is 11.2. The van der Waals surface area contributed by atoms with Crippen LogP contribution in [0.3, 0.4) is 0 Å². The van der Waals surface area contributed by atoms with Crippen LogP contribution in [0.2, 0.25) is 5.02 Å². The Balaban J connectivity index is 2.48. The first kappa shape index (κ1) is 12.3. The van der Waals surface area contributed by atoms with Crippen LogP contribution in [0, 0.1) is 6.92 Å². The monoisotopic (exact) mass is 248 g/mol. The molecule has 0 atom stereocenters. The van der Waals surface area contributed by atoms with Crippen molar-refractivity contribution < 1.29 is 0 Å². The van der Waals surface area contributed by atoms with Crippen molar-refractivity contribution in [3.05, 3.63) is 40.5 Å². The molecule has 0 unspecified atom stereocenters. The van der Waals surface area contributed by atoms with Crippen LogP contribution in [0.25, 0.3) is 10.9 Å². The average Bonchev–Trinajstić information content (AvgIpc) is 2.26. The van der Waals surface area contributed by atoms with Crippen molar-refractivity contribution in [3.63, 3.8) is 0 Å². The zero-order chi connectivity index (χ0) is 12.4. The van der Waals surface area contributed by atoms with Crippen molar-refractivity contribution in [1.82, 2.24) is 10.3 Å². The van der Waals surface area contributed by atoms with Gasteiger partial charge in [0, 0.05) is 28.7 Å². The van der Waals surface area contributed by atoms with Crippen LogP contribution < -0.4 is 5.32 Å². The molecule has 0 saturated carbocycles. The number of halogens is 1. The zero-order valence-electron chi connectivity index (χ0n) is 10.4. The van der Waals surface area contributed by atoms with Crippen LogP contribution in [-0.4, -0.2) is 11.0 Å². The molecule has 2 rings (SSSR count). The topological polar surface area (TPSA) is 24.9 Å². The number of rotatable bonds is 3. The molecule has 0 amide bonds. The summed E-state index contributed by atoms with van der Waals surface area (Å²) >= 11 is 6.04. The minimum absolute atomic E-state index is 0.470. The smallest absolute Gasteiger partial charge is 0.0709 e. The predicted molar refractivity (Wildman–Crippen MR) is 73.5 cm³/mol. The Morgan fingerprint density at radius 3 is 2.76 bits per heavy atom. The minimum Gasteiger partial charge on any atom is -0.310 e. The van der Waals surface area contributed by atoms with Crippen LogP contribution >= 0.6 is 11.6 Å². The van der Waals surface area contributed by atoms with E-state index in [1.807, 2.05) is 25.1 Å². The van der Waals surface area contributed by atoms with Crippen molar-refractivity contribution >= 4 is 22.5 Å². The summed E-state index contributed by atoms with van der Waals surface area (Å²) in [6.45, 7) is 7.15. The lowest BCUT2D eigenvalue weighted by atomic mass is 10.1. The predicted octanol–water partition coefficient (Wildman–Crippen LogP) is 3.69. The van der Waals surface area contributed by atoms with Gasteiger partial charge in [-0.2, -0.15) is 0 Å². The van der Waals surface area contributed by atoms with E-state index in [1.54, 1.807) is 0 Å². The van der Waals surface area contributed by atoms with Crippen molar-refractivity contribution in [3.8, 4) is 0 Å². The van der Waals surface area contributed by atoms with Gasteiger partial charge in [-0.25, -0.2) is 0 Å². The number of nitrogens with zero attached hydrogens (tertiary/aromatic N) is 1. The van der Waals surface area contributed by atoms with Crippen LogP contribution in [0.15, 0.2) is 24.3 Å². The second-order valence-electron chi connectivity index (χ2n) is 4.62. The van der Waals surface area contributed by atoms with E-state index in [9.17, 15) is 0 Å². The molecular weight excluding hydrogens is 232 g/mol. The standard InChI is InChI=1S/C14H17ClN2/c1-9(2)16-8-11-6-10(3)17-14-5-4-12(15)7-13(11)14/h4-7,9,16H,8H2,1-3H3. The number of aryl methyl sites for hydroxylation is 1. The van der Waals surface area contributed by atoms with E-state index in [2.05, 4.69) is 30.2 Å². The summed E-state index contributed by atoms with van der Waals surface area (Å²) < 4.78 is 0. The van der Waals surface area contributed by atoms with Gasteiger partial charge in [0.25, 0.3) is 0 Å². The normalized spacial score (nSPS) is 11.4. The quantitative estimate of drug-likeness (QED) is 0.896. The summed E-state index contributed by atoms with van der Waals surface area (Å²) in [5.41, 5.74) is 3.30. The van der Waals surface area contributed by atoms with E-state index in [4.69, 9.17) is 11.6 Å². The lowest BCUT2D eigenvalue weighted by Gasteiger charge is -2.11. The molecule has 3 heteroatoms. The maximum absolute atomic E-state index is 6.04. The second-order valence-corrected chi connectivity index (χ2v) is 5.06. The summed E-state index contributed by atoms with van der Waals surface area (Å²) in [7, 11) is 0. The average molecular weight is 249 g/mol. The lowest BCUT2D eigenvalue weighted by Crippen LogP contribution is -2.22. The van der Waals surface area contributed by atoms with Gasteiger partial charge >= 0.3 is 0 Å². The van der Waals surface area contributed by atoms with Crippen molar-refractivity contribution in [1.29, 1.82) is 0 Å². The summed E-state index contributed by atoms with van der Waals surface area (Å²) in [6, 6.07) is 8.44. The summed E-state index contributed by atoms with van der Waals surface area (Å²) in [5.74, 6) is 0. The molecule has 0 bridgehead atoms. The first-order chi connectivity index (χ1) is 8.06. The first-order valence-electron chi connectivity index (χ1n) is 5.85. The highest BCUT2D eigenvalue weighted by Crippen LogP contribution is 2.22. The summed E-state index contributed by atoms with van der Waals surface area (Å²) in [4.78, 5) is 4.52. The molecule has 1 heterocycles. The van der Waals surface area contributed by atoms with Gasteiger partial charge in [-0.1, -0.05) is 25.4 Å². The number of pyridine rings is 1. The van der Waals surface area contributed by atoms with Gasteiger partial charge in [0.1, 0.15) is 0 Å². The van der Waals surface area contributed by atoms with Gasteiger partial charge < -0.3 is 5.32 Å². The lowest BCUT2D eigenvalue weighted by molar-refractivity contribution is 0.590. The van der Waals surface area contributed by atoms with Crippen molar-refractivity contribution in [2.45, 2.75) is 33.4 Å².